The number of hydrogen-bond acceptors (Lipinski definition) is 4. The monoisotopic (exact) mass is 342 g/mol. The lowest BCUT2D eigenvalue weighted by Gasteiger charge is -2.18. The molecule has 0 aliphatic rings. The van der Waals surface area contributed by atoms with Gasteiger partial charge >= 0.3 is 5.97 Å². The molecular formula is C18H18N2O3S. The molecule has 1 unspecified atom stereocenters. The highest BCUT2D eigenvalue weighted by Gasteiger charge is 2.25. The maximum atomic E-state index is 13.0. The number of nitrogens with zero attached hydrogens (tertiary/aromatic N) is 2. The van der Waals surface area contributed by atoms with Crippen LogP contribution < -0.4 is 5.56 Å². The number of fused-ring (bicyclic) bond motifs is 1. The molecular weight excluding hydrogens is 324 g/mol. The van der Waals surface area contributed by atoms with E-state index < -0.39 is 12.0 Å². The Labute approximate surface area is 143 Å². The second-order valence-electron chi connectivity index (χ2n) is 5.52. The van der Waals surface area contributed by atoms with Crippen LogP contribution in [0.5, 0.6) is 0 Å². The highest BCUT2D eigenvalue weighted by molar-refractivity contribution is 7.18. The van der Waals surface area contributed by atoms with Crippen LogP contribution in [-0.4, -0.2) is 20.6 Å². The zero-order chi connectivity index (χ0) is 17.3. The van der Waals surface area contributed by atoms with Gasteiger partial charge < -0.3 is 5.11 Å². The summed E-state index contributed by atoms with van der Waals surface area (Å²) in [7, 11) is 0. The van der Waals surface area contributed by atoms with E-state index in [4.69, 9.17) is 0 Å². The van der Waals surface area contributed by atoms with Crippen LogP contribution in [0, 0.1) is 0 Å². The lowest BCUT2D eigenvalue weighted by Crippen LogP contribution is -2.31. The minimum absolute atomic E-state index is 0.288. The number of carbonyl (C=O) groups is 1. The molecule has 1 atom stereocenters. The molecule has 24 heavy (non-hydrogen) atoms. The average Bonchev–Trinajstić information content (AvgIpc) is 3.01. The lowest BCUT2D eigenvalue weighted by molar-refractivity contribution is -0.141. The van der Waals surface area contributed by atoms with E-state index in [1.165, 1.54) is 15.9 Å². The summed E-state index contributed by atoms with van der Waals surface area (Å²) < 4.78 is 1.33. The Morgan fingerprint density at radius 3 is 2.58 bits per heavy atom. The second kappa shape index (κ2) is 6.57. The van der Waals surface area contributed by atoms with Crippen molar-refractivity contribution in [1.82, 2.24) is 9.55 Å². The van der Waals surface area contributed by atoms with Gasteiger partial charge in [0.1, 0.15) is 16.7 Å². The summed E-state index contributed by atoms with van der Waals surface area (Å²) in [6.07, 6.45) is 1.13. The first-order chi connectivity index (χ1) is 11.6. The molecule has 0 aliphatic heterocycles. The molecule has 0 radical (unpaired) electrons. The van der Waals surface area contributed by atoms with Gasteiger partial charge in [-0.05, 0) is 18.9 Å². The van der Waals surface area contributed by atoms with Crippen LogP contribution in [0.4, 0.5) is 0 Å². The molecule has 6 heteroatoms. The van der Waals surface area contributed by atoms with Crippen LogP contribution in [0.1, 0.15) is 31.2 Å². The van der Waals surface area contributed by atoms with Gasteiger partial charge in [0.25, 0.3) is 5.56 Å². The smallest absolute Gasteiger partial charge is 0.326 e. The number of carboxylic acid groups (broad SMARTS) is 1. The van der Waals surface area contributed by atoms with E-state index in [1.807, 2.05) is 43.3 Å². The van der Waals surface area contributed by atoms with E-state index in [0.29, 0.717) is 22.5 Å². The van der Waals surface area contributed by atoms with Gasteiger partial charge in [0.15, 0.2) is 0 Å². The number of rotatable bonds is 5. The van der Waals surface area contributed by atoms with E-state index in [1.54, 1.807) is 6.92 Å². The van der Waals surface area contributed by atoms with Crippen LogP contribution in [-0.2, 0) is 11.2 Å². The SMILES string of the molecule is CCc1cc2c(=O)n(C(CC)C(=O)O)c(-c3ccccc3)nc2s1. The highest BCUT2D eigenvalue weighted by atomic mass is 32.1. The minimum atomic E-state index is -1.02. The summed E-state index contributed by atoms with van der Waals surface area (Å²) in [4.78, 5) is 31.1. The second-order valence-corrected chi connectivity index (χ2v) is 6.64. The van der Waals surface area contributed by atoms with Crippen molar-refractivity contribution in [3.05, 3.63) is 51.6 Å². The molecule has 2 aromatic heterocycles. The lowest BCUT2D eigenvalue weighted by atomic mass is 10.1. The van der Waals surface area contributed by atoms with Crippen molar-refractivity contribution in [3.63, 3.8) is 0 Å². The molecule has 0 amide bonds. The molecule has 3 aromatic rings. The van der Waals surface area contributed by atoms with Crippen LogP contribution >= 0.6 is 11.3 Å². The number of aromatic nitrogens is 2. The van der Waals surface area contributed by atoms with Crippen LogP contribution in [0.2, 0.25) is 0 Å². The highest BCUT2D eigenvalue weighted by Crippen LogP contribution is 2.27. The van der Waals surface area contributed by atoms with Crippen molar-refractivity contribution < 1.29 is 9.90 Å². The summed E-state index contributed by atoms with van der Waals surface area (Å²) in [5, 5.41) is 10.1. The van der Waals surface area contributed by atoms with Gasteiger partial charge in [-0.15, -0.1) is 11.3 Å². The van der Waals surface area contributed by atoms with E-state index >= 15 is 0 Å². The van der Waals surface area contributed by atoms with Gasteiger partial charge in [-0.3, -0.25) is 9.36 Å². The third-order valence-corrected chi connectivity index (χ3v) is 5.19. The quantitative estimate of drug-likeness (QED) is 0.767. The van der Waals surface area contributed by atoms with Crippen LogP contribution in [0.3, 0.4) is 0 Å². The number of benzene rings is 1. The first-order valence-electron chi connectivity index (χ1n) is 7.90. The summed E-state index contributed by atoms with van der Waals surface area (Å²) in [6.45, 7) is 3.78. The maximum absolute atomic E-state index is 13.0. The van der Waals surface area contributed by atoms with Crippen molar-refractivity contribution in [2.24, 2.45) is 0 Å². The fourth-order valence-electron chi connectivity index (χ4n) is 2.77. The van der Waals surface area contributed by atoms with Crippen molar-refractivity contribution in [2.75, 3.05) is 0 Å². The molecule has 1 N–H and O–H groups in total. The first kappa shape index (κ1) is 16.4. The Bertz CT molecular complexity index is 944. The van der Waals surface area contributed by atoms with Gasteiger partial charge in [-0.2, -0.15) is 0 Å². The Morgan fingerprint density at radius 1 is 1.29 bits per heavy atom. The average molecular weight is 342 g/mol. The largest absolute Gasteiger partial charge is 0.480 e. The predicted octanol–water partition coefficient (Wildman–Crippen LogP) is 3.72. The number of aryl methyl sites for hydroxylation is 1. The fraction of sp³-hybridized carbons (Fsp3) is 0.278. The Hall–Kier alpha value is -2.47. The minimum Gasteiger partial charge on any atom is -0.480 e. The number of thiophene rings is 1. The first-order valence-corrected chi connectivity index (χ1v) is 8.71. The zero-order valence-corrected chi connectivity index (χ0v) is 14.3. The Balaban J connectivity index is 2.39. The van der Waals surface area contributed by atoms with Crippen molar-refractivity contribution >= 4 is 27.5 Å². The Morgan fingerprint density at radius 2 is 2.00 bits per heavy atom. The standard InChI is InChI=1S/C18H18N2O3S/c1-3-12-10-13-16(24-12)19-15(11-8-6-5-7-9-11)20(17(13)21)14(4-2)18(22)23/h5-10,14H,3-4H2,1-2H3,(H,22,23). The van der Waals surface area contributed by atoms with E-state index in [0.717, 1.165) is 16.9 Å². The molecule has 0 spiro atoms. The molecule has 124 valence electrons. The van der Waals surface area contributed by atoms with Crippen molar-refractivity contribution in [2.45, 2.75) is 32.7 Å². The topological polar surface area (TPSA) is 72.2 Å². The third-order valence-electron chi connectivity index (χ3n) is 4.01. The van der Waals surface area contributed by atoms with Gasteiger partial charge in [0.2, 0.25) is 0 Å². The van der Waals surface area contributed by atoms with E-state index in [2.05, 4.69) is 4.98 Å². The molecule has 5 nitrogen and oxygen atoms in total. The van der Waals surface area contributed by atoms with Crippen molar-refractivity contribution in [3.8, 4) is 11.4 Å². The normalized spacial score (nSPS) is 12.4. The van der Waals surface area contributed by atoms with Gasteiger partial charge in [0, 0.05) is 10.4 Å². The van der Waals surface area contributed by atoms with Gasteiger partial charge in [-0.25, -0.2) is 9.78 Å². The molecule has 0 saturated heterocycles. The fourth-order valence-corrected chi connectivity index (χ4v) is 3.72. The van der Waals surface area contributed by atoms with Gasteiger partial charge in [-0.1, -0.05) is 44.2 Å². The summed E-state index contributed by atoms with van der Waals surface area (Å²) in [5.41, 5.74) is 0.451. The number of hydrogen-bond donors (Lipinski definition) is 1. The summed E-state index contributed by atoms with van der Waals surface area (Å²) in [6, 6.07) is 10.1. The number of aliphatic carboxylic acids is 1. The van der Waals surface area contributed by atoms with Gasteiger partial charge in [0.05, 0.1) is 5.39 Å². The Kier molecular flexibility index (Phi) is 4.49. The predicted molar refractivity (Wildman–Crippen MR) is 95.7 cm³/mol. The van der Waals surface area contributed by atoms with E-state index in [9.17, 15) is 14.7 Å². The molecule has 0 aliphatic carbocycles. The third kappa shape index (κ3) is 2.73. The zero-order valence-electron chi connectivity index (χ0n) is 13.5. The van der Waals surface area contributed by atoms with Crippen LogP contribution in [0.15, 0.2) is 41.2 Å². The maximum Gasteiger partial charge on any atom is 0.326 e. The molecule has 0 saturated carbocycles. The summed E-state index contributed by atoms with van der Waals surface area (Å²) >= 11 is 1.48. The molecule has 3 rings (SSSR count). The molecule has 1 aromatic carbocycles. The molecule has 2 heterocycles. The molecule has 0 fully saturated rings. The number of carboxylic acids is 1. The molecule has 0 bridgehead atoms. The van der Waals surface area contributed by atoms with Crippen LogP contribution in [0.25, 0.3) is 21.6 Å². The van der Waals surface area contributed by atoms with E-state index in [-0.39, 0.29) is 5.56 Å². The van der Waals surface area contributed by atoms with Crippen molar-refractivity contribution in [1.29, 1.82) is 0 Å². The summed E-state index contributed by atoms with van der Waals surface area (Å²) in [5.74, 6) is -0.615.